The van der Waals surface area contributed by atoms with Crippen molar-refractivity contribution in [3.05, 3.63) is 17.2 Å². The van der Waals surface area contributed by atoms with Crippen LogP contribution in [-0.4, -0.2) is 32.7 Å². The zero-order chi connectivity index (χ0) is 14.4. The Hall–Kier alpha value is -1.62. The molecule has 1 aromatic carbocycles. The van der Waals surface area contributed by atoms with Crippen LogP contribution in [0.25, 0.3) is 0 Å². The molecule has 1 atom stereocenters. The van der Waals surface area contributed by atoms with Crippen LogP contribution in [0.3, 0.4) is 0 Å². The Balaban J connectivity index is 2.94. The highest BCUT2D eigenvalue weighted by molar-refractivity contribution is 6.32. The average Bonchev–Trinajstić information content (AvgIpc) is 2.39. The molecule has 0 saturated heterocycles. The first-order chi connectivity index (χ1) is 9.03. The van der Waals surface area contributed by atoms with Crippen molar-refractivity contribution in [3.63, 3.8) is 0 Å². The second-order valence-electron chi connectivity index (χ2n) is 3.95. The summed E-state index contributed by atoms with van der Waals surface area (Å²) in [6.45, 7) is 4.23. The maximum absolute atomic E-state index is 11.7. The molecule has 1 amide bonds. The molecule has 5 nitrogen and oxygen atoms in total. The molecule has 1 unspecified atom stereocenters. The number of ether oxygens (including phenoxy) is 2. The lowest BCUT2D eigenvalue weighted by atomic mass is 10.2. The van der Waals surface area contributed by atoms with Gasteiger partial charge in [-0.1, -0.05) is 11.6 Å². The number of benzene rings is 1. The van der Waals surface area contributed by atoms with E-state index in [2.05, 4.69) is 10.6 Å². The summed E-state index contributed by atoms with van der Waals surface area (Å²) in [6, 6.07) is 2.96. The van der Waals surface area contributed by atoms with Gasteiger partial charge in [-0.15, -0.1) is 0 Å². The van der Waals surface area contributed by atoms with Gasteiger partial charge in [0, 0.05) is 12.6 Å². The minimum Gasteiger partial charge on any atom is -0.495 e. The Morgan fingerprint density at radius 2 is 1.95 bits per heavy atom. The third-order valence-corrected chi connectivity index (χ3v) is 2.89. The number of carbonyl (C=O) groups excluding carboxylic acids is 1. The number of methoxy groups -OCH3 is 2. The predicted octanol–water partition coefficient (Wildman–Crippen LogP) is 2.29. The molecule has 6 heteroatoms. The van der Waals surface area contributed by atoms with Crippen LogP contribution >= 0.6 is 11.6 Å². The van der Waals surface area contributed by atoms with E-state index in [1.807, 2.05) is 6.92 Å². The van der Waals surface area contributed by atoms with Crippen molar-refractivity contribution in [1.82, 2.24) is 5.32 Å². The molecule has 0 aliphatic carbocycles. The number of carbonyl (C=O) groups is 1. The van der Waals surface area contributed by atoms with Gasteiger partial charge in [0.25, 0.3) is 0 Å². The van der Waals surface area contributed by atoms with Gasteiger partial charge in [0.05, 0.1) is 24.9 Å². The zero-order valence-electron chi connectivity index (χ0n) is 11.5. The van der Waals surface area contributed by atoms with E-state index in [9.17, 15) is 4.79 Å². The molecule has 0 aliphatic heterocycles. The summed E-state index contributed by atoms with van der Waals surface area (Å²) in [6.07, 6.45) is 0. The lowest BCUT2D eigenvalue weighted by Gasteiger charge is -2.18. The Morgan fingerprint density at radius 3 is 2.47 bits per heavy atom. The number of hydrogen-bond acceptors (Lipinski definition) is 4. The normalized spacial score (nSPS) is 11.6. The van der Waals surface area contributed by atoms with E-state index in [1.165, 1.54) is 7.11 Å². The standard InChI is InChI=1S/C13H19ClN2O3/c1-5-15-13(17)8(2)16-10-6-9(14)11(18-3)7-12(10)19-4/h6-8,16H,5H2,1-4H3,(H,15,17). The van der Waals surface area contributed by atoms with E-state index >= 15 is 0 Å². The number of amides is 1. The average molecular weight is 287 g/mol. The third kappa shape index (κ3) is 3.92. The molecular weight excluding hydrogens is 268 g/mol. The van der Waals surface area contributed by atoms with Gasteiger partial charge in [-0.25, -0.2) is 0 Å². The molecule has 2 N–H and O–H groups in total. The maximum Gasteiger partial charge on any atom is 0.242 e. The molecule has 0 spiro atoms. The zero-order valence-corrected chi connectivity index (χ0v) is 12.3. The largest absolute Gasteiger partial charge is 0.495 e. The molecule has 0 bridgehead atoms. The summed E-state index contributed by atoms with van der Waals surface area (Å²) in [7, 11) is 3.08. The van der Waals surface area contributed by atoms with Crippen LogP contribution in [0, 0.1) is 0 Å². The Kier molecular flexibility index (Phi) is 5.76. The molecule has 0 fully saturated rings. The number of likely N-dealkylation sites (N-methyl/N-ethyl adjacent to an activating group) is 1. The fraction of sp³-hybridized carbons (Fsp3) is 0.462. The van der Waals surface area contributed by atoms with E-state index in [-0.39, 0.29) is 5.91 Å². The van der Waals surface area contributed by atoms with Crippen molar-refractivity contribution in [1.29, 1.82) is 0 Å². The van der Waals surface area contributed by atoms with E-state index in [0.29, 0.717) is 28.8 Å². The lowest BCUT2D eigenvalue weighted by molar-refractivity contribution is -0.121. The van der Waals surface area contributed by atoms with Crippen molar-refractivity contribution in [2.24, 2.45) is 0 Å². The van der Waals surface area contributed by atoms with E-state index in [1.54, 1.807) is 26.2 Å². The molecule has 0 aromatic heterocycles. The maximum atomic E-state index is 11.7. The SMILES string of the molecule is CCNC(=O)C(C)Nc1cc(Cl)c(OC)cc1OC. The molecule has 0 saturated carbocycles. The van der Waals surface area contributed by atoms with Gasteiger partial charge in [0.2, 0.25) is 5.91 Å². The van der Waals surface area contributed by atoms with Crippen LogP contribution in [0.1, 0.15) is 13.8 Å². The molecule has 0 aliphatic rings. The number of halogens is 1. The van der Waals surface area contributed by atoms with Gasteiger partial charge in [0.15, 0.2) is 0 Å². The summed E-state index contributed by atoms with van der Waals surface area (Å²) >= 11 is 6.06. The number of hydrogen-bond donors (Lipinski definition) is 2. The molecular formula is C13H19ClN2O3. The van der Waals surface area contributed by atoms with Crippen molar-refractivity contribution in [3.8, 4) is 11.5 Å². The first-order valence-electron chi connectivity index (χ1n) is 5.99. The van der Waals surface area contributed by atoms with Gasteiger partial charge in [0.1, 0.15) is 17.5 Å². The minimum atomic E-state index is -0.390. The Morgan fingerprint density at radius 1 is 1.32 bits per heavy atom. The fourth-order valence-electron chi connectivity index (χ4n) is 1.60. The molecule has 1 rings (SSSR count). The van der Waals surface area contributed by atoms with Crippen LogP contribution in [-0.2, 0) is 4.79 Å². The van der Waals surface area contributed by atoms with Crippen LogP contribution in [0.5, 0.6) is 11.5 Å². The summed E-state index contributed by atoms with van der Waals surface area (Å²) in [5.41, 5.74) is 0.645. The first kappa shape index (κ1) is 15.4. The fourth-order valence-corrected chi connectivity index (χ4v) is 1.84. The Bertz CT molecular complexity index is 452. The first-order valence-corrected chi connectivity index (χ1v) is 6.37. The number of nitrogens with one attached hydrogen (secondary N) is 2. The second-order valence-corrected chi connectivity index (χ2v) is 4.35. The van der Waals surface area contributed by atoms with Gasteiger partial charge >= 0.3 is 0 Å². The Labute approximate surface area is 118 Å². The predicted molar refractivity (Wildman–Crippen MR) is 76.3 cm³/mol. The van der Waals surface area contributed by atoms with E-state index in [0.717, 1.165) is 0 Å². The van der Waals surface area contributed by atoms with E-state index in [4.69, 9.17) is 21.1 Å². The summed E-state index contributed by atoms with van der Waals surface area (Å²) in [4.78, 5) is 11.7. The van der Waals surface area contributed by atoms with Gasteiger partial charge in [-0.2, -0.15) is 0 Å². The van der Waals surface area contributed by atoms with Crippen molar-refractivity contribution >= 4 is 23.2 Å². The van der Waals surface area contributed by atoms with Crippen LogP contribution in [0.15, 0.2) is 12.1 Å². The van der Waals surface area contributed by atoms with Gasteiger partial charge < -0.3 is 20.1 Å². The summed E-state index contributed by atoms with van der Waals surface area (Å²) in [5.74, 6) is 1.00. The van der Waals surface area contributed by atoms with Crippen molar-refractivity contribution in [2.75, 3.05) is 26.1 Å². The third-order valence-electron chi connectivity index (χ3n) is 2.59. The highest BCUT2D eigenvalue weighted by Crippen LogP contribution is 2.36. The second kappa shape index (κ2) is 7.09. The van der Waals surface area contributed by atoms with Gasteiger partial charge in [-0.05, 0) is 19.9 Å². The number of rotatable bonds is 6. The molecule has 106 valence electrons. The quantitative estimate of drug-likeness (QED) is 0.842. The van der Waals surface area contributed by atoms with Crippen LogP contribution in [0.2, 0.25) is 5.02 Å². The topological polar surface area (TPSA) is 59.6 Å². The highest BCUT2D eigenvalue weighted by atomic mass is 35.5. The molecule has 19 heavy (non-hydrogen) atoms. The monoisotopic (exact) mass is 286 g/mol. The summed E-state index contributed by atoms with van der Waals surface area (Å²) < 4.78 is 10.4. The van der Waals surface area contributed by atoms with Crippen LogP contribution < -0.4 is 20.1 Å². The van der Waals surface area contributed by atoms with Gasteiger partial charge in [-0.3, -0.25) is 4.79 Å². The highest BCUT2D eigenvalue weighted by Gasteiger charge is 2.16. The summed E-state index contributed by atoms with van der Waals surface area (Å²) in [5, 5.41) is 6.25. The number of anilines is 1. The van der Waals surface area contributed by atoms with Crippen molar-refractivity contribution in [2.45, 2.75) is 19.9 Å². The van der Waals surface area contributed by atoms with Crippen molar-refractivity contribution < 1.29 is 14.3 Å². The van der Waals surface area contributed by atoms with E-state index < -0.39 is 6.04 Å². The molecule has 1 aromatic rings. The van der Waals surface area contributed by atoms with Crippen LogP contribution in [0.4, 0.5) is 5.69 Å². The minimum absolute atomic E-state index is 0.0866. The molecule has 0 heterocycles. The molecule has 0 radical (unpaired) electrons. The lowest BCUT2D eigenvalue weighted by Crippen LogP contribution is -2.37. The smallest absolute Gasteiger partial charge is 0.242 e.